The molecule has 0 aromatic carbocycles. The number of aromatic nitrogens is 2. The van der Waals surface area contributed by atoms with E-state index < -0.39 is 0 Å². The second-order valence-corrected chi connectivity index (χ2v) is 4.17. The molecule has 78 valence electrons. The van der Waals surface area contributed by atoms with Crippen LogP contribution in [-0.4, -0.2) is 36.2 Å². The van der Waals surface area contributed by atoms with Crippen LogP contribution < -0.4 is 0 Å². The molecule has 14 heavy (non-hydrogen) atoms. The van der Waals surface area contributed by atoms with Gasteiger partial charge in [0.1, 0.15) is 0 Å². The molecule has 0 aliphatic carbocycles. The maximum Gasteiger partial charge on any atom is 0.0865 e. The predicted molar refractivity (Wildman–Crippen MR) is 55.2 cm³/mol. The van der Waals surface area contributed by atoms with Crippen LogP contribution in [0, 0.1) is 0 Å². The quantitative estimate of drug-likeness (QED) is 0.748. The fraction of sp³-hybridized carbons (Fsp3) is 0.667. The minimum atomic E-state index is 0.393. The van der Waals surface area contributed by atoms with Crippen molar-refractivity contribution in [1.82, 2.24) is 9.78 Å². The van der Waals surface area contributed by atoms with Gasteiger partial charge >= 0.3 is 0 Å². The largest absolute Gasteiger partial charge is 0.383 e. The Morgan fingerprint density at radius 3 is 3.21 bits per heavy atom. The van der Waals surface area contributed by atoms with Crippen LogP contribution in [0.25, 0.3) is 0 Å². The number of ether oxygens (including phenoxy) is 2. The Kier molecular flexibility index (Phi) is 3.20. The van der Waals surface area contributed by atoms with Crippen molar-refractivity contribution >= 4 is 15.9 Å². The molecule has 0 amide bonds. The molecule has 1 aliphatic rings. The van der Waals surface area contributed by atoms with E-state index in [9.17, 15) is 0 Å². The zero-order chi connectivity index (χ0) is 9.97. The molecule has 1 aromatic heterocycles. The first kappa shape index (κ1) is 10.1. The molecule has 1 fully saturated rings. The number of methoxy groups -OCH3 is 1. The van der Waals surface area contributed by atoms with E-state index in [-0.39, 0.29) is 0 Å². The van der Waals surface area contributed by atoms with Crippen molar-refractivity contribution in [2.75, 3.05) is 20.3 Å². The third kappa shape index (κ3) is 2.34. The second-order valence-electron chi connectivity index (χ2n) is 3.31. The van der Waals surface area contributed by atoms with E-state index in [1.807, 2.05) is 10.9 Å². The Morgan fingerprint density at radius 1 is 1.79 bits per heavy atom. The summed E-state index contributed by atoms with van der Waals surface area (Å²) in [5.74, 6) is 0. The summed E-state index contributed by atoms with van der Waals surface area (Å²) in [6.07, 6.45) is 3.15. The minimum absolute atomic E-state index is 0.393. The van der Waals surface area contributed by atoms with Crippen molar-refractivity contribution in [2.45, 2.75) is 19.1 Å². The summed E-state index contributed by atoms with van der Waals surface area (Å²) in [5, 5.41) is 4.27. The normalized spacial score (nSPS) is 20.0. The molecule has 1 aromatic rings. The lowest BCUT2D eigenvalue weighted by Gasteiger charge is -2.05. The average molecular weight is 261 g/mol. The van der Waals surface area contributed by atoms with E-state index in [0.29, 0.717) is 12.7 Å². The van der Waals surface area contributed by atoms with Gasteiger partial charge in [-0.2, -0.15) is 5.10 Å². The number of hydrogen-bond acceptors (Lipinski definition) is 3. The van der Waals surface area contributed by atoms with Gasteiger partial charge in [0.15, 0.2) is 0 Å². The molecule has 0 bridgehead atoms. The summed E-state index contributed by atoms with van der Waals surface area (Å²) >= 11 is 3.49. The van der Waals surface area contributed by atoms with Crippen molar-refractivity contribution in [3.8, 4) is 0 Å². The second kappa shape index (κ2) is 4.42. The molecular formula is C9H13BrN2O2. The number of hydrogen-bond donors (Lipinski definition) is 0. The Morgan fingerprint density at radius 2 is 2.57 bits per heavy atom. The van der Waals surface area contributed by atoms with Crippen molar-refractivity contribution < 1.29 is 9.47 Å². The number of epoxide rings is 1. The molecule has 0 spiro atoms. The third-order valence-corrected chi connectivity index (χ3v) is 2.89. The zero-order valence-corrected chi connectivity index (χ0v) is 9.66. The van der Waals surface area contributed by atoms with Crippen LogP contribution in [0.5, 0.6) is 0 Å². The molecule has 0 radical (unpaired) electrons. The highest BCUT2D eigenvalue weighted by atomic mass is 79.9. The van der Waals surface area contributed by atoms with Crippen molar-refractivity contribution in [1.29, 1.82) is 0 Å². The predicted octanol–water partition coefficient (Wildman–Crippen LogP) is 1.23. The lowest BCUT2D eigenvalue weighted by molar-refractivity contribution is 0.182. The van der Waals surface area contributed by atoms with Gasteiger partial charge in [-0.05, 0) is 15.9 Å². The molecule has 4 nitrogen and oxygen atoms in total. The summed E-state index contributed by atoms with van der Waals surface area (Å²) in [5.41, 5.74) is 1.20. The van der Waals surface area contributed by atoms with Gasteiger partial charge in [0.25, 0.3) is 0 Å². The number of rotatable bonds is 5. The maximum absolute atomic E-state index is 5.20. The Hall–Kier alpha value is -0.390. The van der Waals surface area contributed by atoms with Crippen molar-refractivity contribution in [3.05, 3.63) is 16.4 Å². The molecule has 1 saturated heterocycles. The van der Waals surface area contributed by atoms with Crippen LogP contribution in [0.2, 0.25) is 0 Å². The molecule has 5 heteroatoms. The lowest BCUT2D eigenvalue weighted by atomic mass is 10.2. The fourth-order valence-electron chi connectivity index (χ4n) is 1.36. The van der Waals surface area contributed by atoms with Gasteiger partial charge in [0, 0.05) is 13.5 Å². The molecule has 0 saturated carbocycles. The average Bonchev–Trinajstić information content (AvgIpc) is 2.92. The van der Waals surface area contributed by atoms with E-state index in [4.69, 9.17) is 9.47 Å². The van der Waals surface area contributed by atoms with Gasteiger partial charge in [0.05, 0.1) is 42.2 Å². The van der Waals surface area contributed by atoms with E-state index >= 15 is 0 Å². The summed E-state index contributed by atoms with van der Waals surface area (Å²) in [7, 11) is 1.70. The van der Waals surface area contributed by atoms with Gasteiger partial charge in [-0.15, -0.1) is 0 Å². The summed E-state index contributed by atoms with van der Waals surface area (Å²) in [4.78, 5) is 0. The Labute approximate surface area is 91.3 Å². The smallest absolute Gasteiger partial charge is 0.0865 e. The van der Waals surface area contributed by atoms with Crippen LogP contribution in [-0.2, 0) is 22.4 Å². The SMILES string of the molecule is COCCn1ncc(Br)c1CC1CO1. The van der Waals surface area contributed by atoms with Crippen LogP contribution in [0.4, 0.5) is 0 Å². The fourth-order valence-corrected chi connectivity index (χ4v) is 1.82. The maximum atomic E-state index is 5.20. The number of nitrogens with zero attached hydrogens (tertiary/aromatic N) is 2. The molecule has 2 heterocycles. The Bertz CT molecular complexity index is 310. The summed E-state index contributed by atoms with van der Waals surface area (Å²) in [6, 6.07) is 0. The highest BCUT2D eigenvalue weighted by molar-refractivity contribution is 9.10. The molecular weight excluding hydrogens is 248 g/mol. The first-order chi connectivity index (χ1) is 6.81. The third-order valence-electron chi connectivity index (χ3n) is 2.23. The zero-order valence-electron chi connectivity index (χ0n) is 8.07. The first-order valence-corrected chi connectivity index (χ1v) is 5.41. The van der Waals surface area contributed by atoms with E-state index in [1.165, 1.54) is 5.69 Å². The van der Waals surface area contributed by atoms with Crippen LogP contribution in [0.15, 0.2) is 10.7 Å². The summed E-state index contributed by atoms with van der Waals surface area (Å²) in [6.45, 7) is 2.36. The van der Waals surface area contributed by atoms with Gasteiger partial charge in [-0.1, -0.05) is 0 Å². The number of halogens is 1. The topological polar surface area (TPSA) is 39.6 Å². The van der Waals surface area contributed by atoms with Crippen molar-refractivity contribution in [2.24, 2.45) is 0 Å². The summed E-state index contributed by atoms with van der Waals surface area (Å²) < 4.78 is 13.3. The van der Waals surface area contributed by atoms with E-state index in [1.54, 1.807) is 7.11 Å². The Balaban J connectivity index is 2.04. The molecule has 2 rings (SSSR count). The van der Waals surface area contributed by atoms with Crippen LogP contribution in [0.1, 0.15) is 5.69 Å². The minimum Gasteiger partial charge on any atom is -0.383 e. The highest BCUT2D eigenvalue weighted by Crippen LogP contribution is 2.22. The van der Waals surface area contributed by atoms with Crippen LogP contribution >= 0.6 is 15.9 Å². The standard InChI is InChI=1S/C9H13BrN2O2/c1-13-3-2-12-9(4-7-6-14-7)8(10)5-11-12/h5,7H,2-4,6H2,1H3. The van der Waals surface area contributed by atoms with E-state index in [2.05, 4.69) is 21.0 Å². The molecule has 0 N–H and O–H groups in total. The van der Waals surface area contributed by atoms with Crippen LogP contribution in [0.3, 0.4) is 0 Å². The van der Waals surface area contributed by atoms with E-state index in [0.717, 1.165) is 24.0 Å². The molecule has 1 aliphatic heterocycles. The van der Waals surface area contributed by atoms with Gasteiger partial charge < -0.3 is 9.47 Å². The first-order valence-electron chi connectivity index (χ1n) is 4.62. The van der Waals surface area contributed by atoms with Gasteiger partial charge in [0.2, 0.25) is 0 Å². The monoisotopic (exact) mass is 260 g/mol. The molecule has 1 unspecified atom stereocenters. The van der Waals surface area contributed by atoms with Gasteiger partial charge in [-0.25, -0.2) is 0 Å². The van der Waals surface area contributed by atoms with Crippen molar-refractivity contribution in [3.63, 3.8) is 0 Å². The lowest BCUT2D eigenvalue weighted by Crippen LogP contribution is -2.11. The highest BCUT2D eigenvalue weighted by Gasteiger charge is 2.25. The van der Waals surface area contributed by atoms with Gasteiger partial charge in [-0.3, -0.25) is 4.68 Å². The molecule has 1 atom stereocenters.